The molecule has 1 aromatic carbocycles. The second-order valence-electron chi connectivity index (χ2n) is 6.37. The molecule has 0 aliphatic heterocycles. The number of aliphatic imine (C=N–C) groups is 1. The van der Waals surface area contributed by atoms with Gasteiger partial charge >= 0.3 is 0 Å². The first-order chi connectivity index (χ1) is 12.2. The maximum absolute atomic E-state index is 10.4. The van der Waals surface area contributed by atoms with Gasteiger partial charge in [0.05, 0.1) is 19.8 Å². The Bertz CT molecular complexity index is 542. The number of aliphatic hydroxyl groups is 1. The molecule has 0 aromatic heterocycles. The molecule has 148 valence electrons. The van der Waals surface area contributed by atoms with Crippen LogP contribution in [0, 0.1) is 0 Å². The van der Waals surface area contributed by atoms with E-state index in [-0.39, 0.29) is 24.0 Å². The molecule has 3 N–H and O–H groups in total. The summed E-state index contributed by atoms with van der Waals surface area (Å²) in [5, 5.41) is 17.9. The SMILES string of the molecule is CCNC(=NCC(O)c1ccc(OC)cc1)NC1CCCC(SC)C1.I. The van der Waals surface area contributed by atoms with Crippen molar-refractivity contribution in [2.24, 2.45) is 4.99 Å². The van der Waals surface area contributed by atoms with Crippen LogP contribution in [0.5, 0.6) is 5.75 Å². The van der Waals surface area contributed by atoms with Crippen molar-refractivity contribution in [1.29, 1.82) is 0 Å². The van der Waals surface area contributed by atoms with Crippen LogP contribution in [0.25, 0.3) is 0 Å². The van der Waals surface area contributed by atoms with Gasteiger partial charge in [0.1, 0.15) is 5.75 Å². The number of hydrogen-bond acceptors (Lipinski definition) is 4. The average Bonchev–Trinajstić information content (AvgIpc) is 2.66. The zero-order valence-corrected chi connectivity index (χ0v) is 19.1. The lowest BCUT2D eigenvalue weighted by Gasteiger charge is -2.30. The van der Waals surface area contributed by atoms with Gasteiger partial charge in [-0.2, -0.15) is 11.8 Å². The van der Waals surface area contributed by atoms with Crippen LogP contribution in [0.4, 0.5) is 0 Å². The molecule has 7 heteroatoms. The topological polar surface area (TPSA) is 65.9 Å². The largest absolute Gasteiger partial charge is 0.497 e. The summed E-state index contributed by atoms with van der Waals surface area (Å²) in [4.78, 5) is 4.58. The zero-order valence-electron chi connectivity index (χ0n) is 15.9. The van der Waals surface area contributed by atoms with Crippen LogP contribution < -0.4 is 15.4 Å². The van der Waals surface area contributed by atoms with Gasteiger partial charge < -0.3 is 20.5 Å². The summed E-state index contributed by atoms with van der Waals surface area (Å²) >= 11 is 1.96. The van der Waals surface area contributed by atoms with Gasteiger partial charge in [-0.15, -0.1) is 24.0 Å². The molecule has 0 saturated heterocycles. The molecule has 0 amide bonds. The molecule has 5 nitrogen and oxygen atoms in total. The summed E-state index contributed by atoms with van der Waals surface area (Å²) in [6.45, 7) is 3.20. The quantitative estimate of drug-likeness (QED) is 0.308. The Morgan fingerprint density at radius 3 is 2.69 bits per heavy atom. The fourth-order valence-electron chi connectivity index (χ4n) is 3.11. The van der Waals surface area contributed by atoms with E-state index in [1.165, 1.54) is 25.7 Å². The van der Waals surface area contributed by atoms with E-state index in [9.17, 15) is 5.11 Å². The van der Waals surface area contributed by atoms with Crippen LogP contribution in [0.2, 0.25) is 0 Å². The Kier molecular flexibility index (Phi) is 11.4. The van der Waals surface area contributed by atoms with Crippen molar-refractivity contribution in [3.05, 3.63) is 29.8 Å². The zero-order chi connectivity index (χ0) is 18.1. The number of guanidine groups is 1. The van der Waals surface area contributed by atoms with Crippen LogP contribution >= 0.6 is 35.7 Å². The fourth-order valence-corrected chi connectivity index (χ4v) is 3.94. The van der Waals surface area contributed by atoms with E-state index in [4.69, 9.17) is 4.74 Å². The number of ether oxygens (including phenoxy) is 1. The highest BCUT2D eigenvalue weighted by atomic mass is 127. The molecule has 1 aromatic rings. The number of nitrogens with one attached hydrogen (secondary N) is 2. The molecule has 0 bridgehead atoms. The summed E-state index contributed by atoms with van der Waals surface area (Å²) in [6, 6.07) is 7.93. The standard InChI is InChI=1S/C19H31N3O2S.HI/c1-4-20-19(22-15-6-5-7-17(12-15)25-3)21-13-18(23)14-8-10-16(24-2)11-9-14;/h8-11,15,17-18,23H,4-7,12-13H2,1-3H3,(H2,20,21,22);1H. The maximum atomic E-state index is 10.4. The number of methoxy groups -OCH3 is 1. The van der Waals surface area contributed by atoms with Crippen LogP contribution in [0.15, 0.2) is 29.3 Å². The number of aliphatic hydroxyl groups excluding tert-OH is 1. The van der Waals surface area contributed by atoms with Gasteiger partial charge in [-0.05, 0) is 50.1 Å². The number of hydrogen-bond donors (Lipinski definition) is 3. The lowest BCUT2D eigenvalue weighted by molar-refractivity contribution is 0.187. The third-order valence-corrected chi connectivity index (χ3v) is 5.66. The van der Waals surface area contributed by atoms with Crippen molar-refractivity contribution in [2.75, 3.05) is 26.5 Å². The molecule has 26 heavy (non-hydrogen) atoms. The number of nitrogens with zero attached hydrogens (tertiary/aromatic N) is 1. The van der Waals surface area contributed by atoms with Gasteiger partial charge in [0.25, 0.3) is 0 Å². The highest BCUT2D eigenvalue weighted by Gasteiger charge is 2.22. The smallest absolute Gasteiger partial charge is 0.191 e. The fraction of sp³-hybridized carbons (Fsp3) is 0.632. The Morgan fingerprint density at radius 2 is 2.08 bits per heavy atom. The average molecular weight is 493 g/mol. The Morgan fingerprint density at radius 1 is 1.35 bits per heavy atom. The molecule has 3 unspecified atom stereocenters. The van der Waals surface area contributed by atoms with Crippen LogP contribution in [0.3, 0.4) is 0 Å². The summed E-state index contributed by atoms with van der Waals surface area (Å²) in [6.07, 6.45) is 6.50. The van der Waals surface area contributed by atoms with Gasteiger partial charge in [-0.1, -0.05) is 18.6 Å². The maximum Gasteiger partial charge on any atom is 0.191 e. The molecular formula is C19H32IN3O2S. The monoisotopic (exact) mass is 493 g/mol. The van der Waals surface area contributed by atoms with Crippen LogP contribution in [-0.2, 0) is 0 Å². The molecular weight excluding hydrogens is 461 g/mol. The van der Waals surface area contributed by atoms with Gasteiger partial charge in [0.2, 0.25) is 0 Å². The molecule has 0 heterocycles. The minimum Gasteiger partial charge on any atom is -0.497 e. The first-order valence-corrected chi connectivity index (χ1v) is 10.3. The summed E-state index contributed by atoms with van der Waals surface area (Å²) < 4.78 is 5.15. The molecule has 3 atom stereocenters. The van der Waals surface area contributed by atoms with Crippen molar-refractivity contribution in [1.82, 2.24) is 10.6 Å². The van der Waals surface area contributed by atoms with Crippen molar-refractivity contribution in [2.45, 2.75) is 50.0 Å². The number of benzene rings is 1. The van der Waals surface area contributed by atoms with Crippen molar-refractivity contribution >= 4 is 41.7 Å². The predicted octanol–water partition coefficient (Wildman–Crippen LogP) is 3.58. The van der Waals surface area contributed by atoms with Crippen LogP contribution in [-0.4, -0.2) is 48.8 Å². The minimum absolute atomic E-state index is 0. The number of thioether (sulfide) groups is 1. The minimum atomic E-state index is -0.619. The molecule has 0 spiro atoms. The van der Waals surface area contributed by atoms with E-state index in [2.05, 4.69) is 28.8 Å². The summed E-state index contributed by atoms with van der Waals surface area (Å²) in [5.41, 5.74) is 0.848. The lowest BCUT2D eigenvalue weighted by Crippen LogP contribution is -2.45. The first kappa shape index (κ1) is 23.4. The van der Waals surface area contributed by atoms with Crippen LogP contribution in [0.1, 0.15) is 44.3 Å². The van der Waals surface area contributed by atoms with Crippen molar-refractivity contribution in [3.63, 3.8) is 0 Å². The molecule has 1 aliphatic rings. The highest BCUT2D eigenvalue weighted by Crippen LogP contribution is 2.26. The normalized spacial score (nSPS) is 21.5. The second kappa shape index (κ2) is 12.7. The van der Waals surface area contributed by atoms with Gasteiger partial charge in [-0.25, -0.2) is 0 Å². The van der Waals surface area contributed by atoms with Crippen molar-refractivity contribution < 1.29 is 9.84 Å². The van der Waals surface area contributed by atoms with Gasteiger partial charge in [0.15, 0.2) is 5.96 Å². The molecule has 0 radical (unpaired) electrons. The second-order valence-corrected chi connectivity index (χ2v) is 7.51. The van der Waals surface area contributed by atoms with E-state index in [0.717, 1.165) is 29.1 Å². The highest BCUT2D eigenvalue weighted by molar-refractivity contribution is 14.0. The number of rotatable bonds is 7. The Hall–Kier alpha value is -0.670. The molecule has 1 fully saturated rings. The van der Waals surface area contributed by atoms with E-state index in [1.54, 1.807) is 7.11 Å². The predicted molar refractivity (Wildman–Crippen MR) is 122 cm³/mol. The molecule has 2 rings (SSSR count). The van der Waals surface area contributed by atoms with Gasteiger partial charge in [-0.3, -0.25) is 4.99 Å². The number of halogens is 1. The summed E-state index contributed by atoms with van der Waals surface area (Å²) in [5.74, 6) is 1.58. The Balaban J connectivity index is 0.00000338. The van der Waals surface area contributed by atoms with E-state index >= 15 is 0 Å². The third kappa shape index (κ3) is 7.52. The van der Waals surface area contributed by atoms with Crippen molar-refractivity contribution in [3.8, 4) is 5.75 Å². The lowest BCUT2D eigenvalue weighted by atomic mass is 9.95. The molecule has 1 saturated carbocycles. The first-order valence-electron chi connectivity index (χ1n) is 9.05. The van der Waals surface area contributed by atoms with E-state index in [1.807, 2.05) is 36.0 Å². The van der Waals surface area contributed by atoms with E-state index in [0.29, 0.717) is 12.6 Å². The Labute approximate surface area is 178 Å². The molecule has 1 aliphatic carbocycles. The third-order valence-electron chi connectivity index (χ3n) is 4.57. The van der Waals surface area contributed by atoms with Gasteiger partial charge in [0, 0.05) is 17.8 Å². The van der Waals surface area contributed by atoms with E-state index < -0.39 is 6.10 Å². The summed E-state index contributed by atoms with van der Waals surface area (Å²) in [7, 11) is 1.64.